The molecule has 2 aliphatic rings. The Morgan fingerprint density at radius 1 is 1.11 bits per heavy atom. The van der Waals surface area contributed by atoms with E-state index in [1.54, 1.807) is 0 Å². The van der Waals surface area contributed by atoms with E-state index >= 15 is 0 Å². The average molecular weight is 528 g/mol. The van der Waals surface area contributed by atoms with Crippen LogP contribution < -0.4 is 11.1 Å². The molecule has 36 heavy (non-hydrogen) atoms. The number of nitrogens with two attached hydrogens (primary N) is 1. The van der Waals surface area contributed by atoms with Crippen molar-refractivity contribution in [2.75, 3.05) is 18.5 Å². The number of amides is 2. The van der Waals surface area contributed by atoms with Crippen LogP contribution in [0, 0.1) is 11.7 Å². The fourth-order valence-corrected chi connectivity index (χ4v) is 5.36. The molecule has 1 saturated carbocycles. The molecule has 1 aliphatic heterocycles. The Hall–Kier alpha value is -3.15. The van der Waals surface area contributed by atoms with E-state index < -0.39 is 51.3 Å². The van der Waals surface area contributed by atoms with Crippen LogP contribution in [-0.4, -0.2) is 44.0 Å². The first-order chi connectivity index (χ1) is 16.8. The van der Waals surface area contributed by atoms with Crippen molar-refractivity contribution in [2.45, 2.75) is 48.8 Å². The van der Waals surface area contributed by atoms with Crippen LogP contribution in [0.2, 0.25) is 0 Å². The number of sulfone groups is 1. The van der Waals surface area contributed by atoms with Crippen LogP contribution in [-0.2, 0) is 20.8 Å². The number of alkyl halides is 3. The number of hydrogen-bond donors (Lipinski definition) is 2. The number of halogens is 4. The first kappa shape index (κ1) is 25.9. The third kappa shape index (κ3) is 5.32. The number of nitrogens with one attached hydrogen (secondary N) is 1. The van der Waals surface area contributed by atoms with Crippen molar-refractivity contribution in [3.05, 3.63) is 58.9 Å². The highest BCUT2D eigenvalue weighted by molar-refractivity contribution is 7.90. The monoisotopic (exact) mass is 527 g/mol. The van der Waals surface area contributed by atoms with Crippen LogP contribution in [0.5, 0.6) is 0 Å². The Morgan fingerprint density at radius 3 is 2.39 bits per heavy atom. The van der Waals surface area contributed by atoms with Gasteiger partial charge in [-0.25, -0.2) is 12.8 Å². The molecule has 1 aliphatic carbocycles. The largest absolute Gasteiger partial charge is 0.416 e. The lowest BCUT2D eigenvalue weighted by atomic mass is 9.99. The summed E-state index contributed by atoms with van der Waals surface area (Å²) in [6, 6.07) is 4.39. The summed E-state index contributed by atoms with van der Waals surface area (Å²) in [5, 5.41) is 2.75. The lowest BCUT2D eigenvalue weighted by Gasteiger charge is -2.27. The minimum atomic E-state index is -4.69. The standard InChI is InChI=1S/C24H25F4N3O4S/c1-36(34,35)20-11-14(6-9-18(20)29)23(33)31-10-2-3-19(31)22(32)30-21(13-4-5-13)16-8-7-15(12-17(16)25)24(26,27)28/h6-9,11-13,19,21H,2-5,10,29H2,1H3,(H,30,32)/t19-,21?/m1/s1. The Morgan fingerprint density at radius 2 is 1.81 bits per heavy atom. The molecule has 12 heteroatoms. The molecule has 2 amide bonds. The predicted molar refractivity (Wildman–Crippen MR) is 123 cm³/mol. The molecular formula is C24H25F4N3O4S. The van der Waals surface area contributed by atoms with Gasteiger partial charge in [-0.3, -0.25) is 9.59 Å². The lowest BCUT2D eigenvalue weighted by molar-refractivity contribution is -0.137. The lowest BCUT2D eigenvalue weighted by Crippen LogP contribution is -2.47. The van der Waals surface area contributed by atoms with Gasteiger partial charge in [-0.05, 0) is 61.9 Å². The molecule has 0 spiro atoms. The molecule has 2 fully saturated rings. The molecule has 2 aromatic carbocycles. The van der Waals surface area contributed by atoms with E-state index in [0.717, 1.165) is 18.4 Å². The minimum Gasteiger partial charge on any atom is -0.398 e. The van der Waals surface area contributed by atoms with Gasteiger partial charge in [0.05, 0.1) is 22.2 Å². The molecule has 2 aromatic rings. The Kier molecular flexibility index (Phi) is 6.76. The van der Waals surface area contributed by atoms with E-state index in [-0.39, 0.29) is 34.2 Å². The van der Waals surface area contributed by atoms with E-state index in [9.17, 15) is 35.6 Å². The van der Waals surface area contributed by atoms with Gasteiger partial charge in [-0.15, -0.1) is 0 Å². The molecule has 0 aromatic heterocycles. The highest BCUT2D eigenvalue weighted by Crippen LogP contribution is 2.43. The number of nitrogen functional groups attached to an aromatic ring is 1. The van der Waals surface area contributed by atoms with Crippen molar-refractivity contribution < 1.29 is 35.6 Å². The molecule has 194 valence electrons. The van der Waals surface area contributed by atoms with Crippen molar-refractivity contribution in [2.24, 2.45) is 5.92 Å². The maximum absolute atomic E-state index is 14.7. The SMILES string of the molecule is CS(=O)(=O)c1cc(C(=O)N2CCC[C@@H]2C(=O)NC(c2ccc(C(F)(F)F)cc2F)C2CC2)ccc1N. The van der Waals surface area contributed by atoms with Gasteiger partial charge in [0.1, 0.15) is 11.9 Å². The molecule has 0 radical (unpaired) electrons. The molecule has 4 rings (SSSR count). The second-order valence-corrected chi connectivity index (χ2v) is 11.2. The van der Waals surface area contributed by atoms with Gasteiger partial charge >= 0.3 is 6.18 Å². The summed E-state index contributed by atoms with van der Waals surface area (Å²) in [5.74, 6) is -2.28. The smallest absolute Gasteiger partial charge is 0.398 e. The van der Waals surface area contributed by atoms with Gasteiger partial charge in [0.15, 0.2) is 9.84 Å². The topological polar surface area (TPSA) is 110 Å². The Labute approximate surface area is 205 Å². The molecule has 3 N–H and O–H groups in total. The Balaban J connectivity index is 1.55. The quantitative estimate of drug-likeness (QED) is 0.440. The van der Waals surface area contributed by atoms with Crippen LogP contribution in [0.25, 0.3) is 0 Å². The van der Waals surface area contributed by atoms with Crippen molar-refractivity contribution in [1.29, 1.82) is 0 Å². The molecule has 0 bridgehead atoms. The zero-order valence-corrected chi connectivity index (χ0v) is 20.1. The molecular weight excluding hydrogens is 502 g/mol. The van der Waals surface area contributed by atoms with Crippen molar-refractivity contribution in [3.8, 4) is 0 Å². The second-order valence-electron chi connectivity index (χ2n) is 9.24. The van der Waals surface area contributed by atoms with Gasteiger partial charge in [-0.2, -0.15) is 13.2 Å². The minimum absolute atomic E-state index is 0.00407. The summed E-state index contributed by atoms with van der Waals surface area (Å²) in [4.78, 5) is 27.5. The third-order valence-electron chi connectivity index (χ3n) is 6.53. The van der Waals surface area contributed by atoms with Gasteiger partial charge in [0.25, 0.3) is 5.91 Å². The van der Waals surface area contributed by atoms with E-state index in [1.807, 2.05) is 0 Å². The summed E-state index contributed by atoms with van der Waals surface area (Å²) in [6.45, 7) is 0.248. The zero-order valence-electron chi connectivity index (χ0n) is 19.3. The van der Waals surface area contributed by atoms with Crippen LogP contribution in [0.3, 0.4) is 0 Å². The van der Waals surface area contributed by atoms with Crippen LogP contribution in [0.4, 0.5) is 23.2 Å². The fourth-order valence-electron chi connectivity index (χ4n) is 4.52. The number of anilines is 1. The van der Waals surface area contributed by atoms with Crippen LogP contribution >= 0.6 is 0 Å². The highest BCUT2D eigenvalue weighted by Gasteiger charge is 2.40. The van der Waals surface area contributed by atoms with E-state index in [1.165, 1.54) is 23.1 Å². The van der Waals surface area contributed by atoms with E-state index in [0.29, 0.717) is 31.7 Å². The third-order valence-corrected chi connectivity index (χ3v) is 7.68. The zero-order chi connectivity index (χ0) is 26.4. The number of likely N-dealkylation sites (tertiary alicyclic amines) is 1. The summed E-state index contributed by atoms with van der Waals surface area (Å²) in [5.41, 5.74) is 4.63. The first-order valence-electron chi connectivity index (χ1n) is 11.3. The average Bonchev–Trinajstić information content (AvgIpc) is 3.51. The molecule has 1 heterocycles. The molecule has 2 atom stereocenters. The second kappa shape index (κ2) is 9.38. The Bertz CT molecular complexity index is 1310. The molecule has 1 unspecified atom stereocenters. The fraction of sp³-hybridized carbons (Fsp3) is 0.417. The molecule has 1 saturated heterocycles. The van der Waals surface area contributed by atoms with Crippen LogP contribution in [0.1, 0.15) is 53.2 Å². The maximum atomic E-state index is 14.7. The summed E-state index contributed by atoms with van der Waals surface area (Å²) in [6.07, 6.45) is -1.52. The highest BCUT2D eigenvalue weighted by atomic mass is 32.2. The number of carbonyl (C=O) groups is 2. The molecule has 7 nitrogen and oxygen atoms in total. The van der Waals surface area contributed by atoms with Crippen molar-refractivity contribution >= 4 is 27.3 Å². The van der Waals surface area contributed by atoms with Gasteiger partial charge < -0.3 is 16.0 Å². The van der Waals surface area contributed by atoms with Crippen LogP contribution in [0.15, 0.2) is 41.3 Å². The predicted octanol–water partition coefficient (Wildman–Crippen LogP) is 3.70. The number of benzene rings is 2. The summed E-state index contributed by atoms with van der Waals surface area (Å²) in [7, 11) is -3.69. The van der Waals surface area contributed by atoms with E-state index in [2.05, 4.69) is 5.32 Å². The number of hydrogen-bond acceptors (Lipinski definition) is 5. The normalized spacial score (nSPS) is 19.2. The summed E-state index contributed by atoms with van der Waals surface area (Å²) < 4.78 is 77.5. The number of nitrogens with zero attached hydrogens (tertiary/aromatic N) is 1. The van der Waals surface area contributed by atoms with Gasteiger partial charge in [0.2, 0.25) is 5.91 Å². The first-order valence-corrected chi connectivity index (χ1v) is 13.2. The summed E-state index contributed by atoms with van der Waals surface area (Å²) >= 11 is 0. The number of carbonyl (C=O) groups excluding carboxylic acids is 2. The van der Waals surface area contributed by atoms with Crippen molar-refractivity contribution in [1.82, 2.24) is 10.2 Å². The maximum Gasteiger partial charge on any atom is 0.416 e. The van der Waals surface area contributed by atoms with Gasteiger partial charge in [0, 0.05) is 23.9 Å². The number of rotatable bonds is 6. The van der Waals surface area contributed by atoms with E-state index in [4.69, 9.17) is 5.73 Å². The van der Waals surface area contributed by atoms with Gasteiger partial charge in [-0.1, -0.05) is 6.07 Å². The van der Waals surface area contributed by atoms with Crippen molar-refractivity contribution in [3.63, 3.8) is 0 Å².